The first-order chi connectivity index (χ1) is 19.5. The Bertz CT molecular complexity index is 1510. The number of hydrogen-bond acceptors (Lipinski definition) is 3. The SMILES string of the molecule is CCCc1cc2ccc(C3CCC(COc4ccc(-c5cc(C)c(OC(F)(F)F)c(F)c5)c(C)c4)CC3)c(F)c2s1. The molecule has 0 spiro atoms. The first-order valence-corrected chi connectivity index (χ1v) is 14.8. The number of aryl methyl sites for hydroxylation is 3. The number of halogens is 5. The van der Waals surface area contributed by atoms with Crippen LogP contribution in [0.5, 0.6) is 11.5 Å². The minimum atomic E-state index is -4.96. The van der Waals surface area contributed by atoms with E-state index in [4.69, 9.17) is 4.74 Å². The second kappa shape index (κ2) is 12.0. The van der Waals surface area contributed by atoms with Crippen molar-refractivity contribution in [2.75, 3.05) is 6.61 Å². The van der Waals surface area contributed by atoms with Gasteiger partial charge in [-0.3, -0.25) is 0 Å². The molecule has 0 N–H and O–H groups in total. The molecule has 0 bridgehead atoms. The van der Waals surface area contributed by atoms with E-state index in [0.717, 1.165) is 65.8 Å². The summed E-state index contributed by atoms with van der Waals surface area (Å²) in [6.45, 7) is 5.92. The Morgan fingerprint density at radius 2 is 1.66 bits per heavy atom. The predicted molar refractivity (Wildman–Crippen MR) is 154 cm³/mol. The number of rotatable bonds is 8. The van der Waals surface area contributed by atoms with Gasteiger partial charge in [-0.25, -0.2) is 8.78 Å². The highest BCUT2D eigenvalue weighted by atomic mass is 32.1. The van der Waals surface area contributed by atoms with Crippen LogP contribution in [0.4, 0.5) is 22.0 Å². The molecule has 0 atom stereocenters. The molecule has 1 fully saturated rings. The number of fused-ring (bicyclic) bond motifs is 1. The van der Waals surface area contributed by atoms with Gasteiger partial charge < -0.3 is 9.47 Å². The summed E-state index contributed by atoms with van der Waals surface area (Å²) >= 11 is 1.58. The molecule has 2 nitrogen and oxygen atoms in total. The molecule has 1 aliphatic carbocycles. The number of alkyl halides is 3. The maximum absolute atomic E-state index is 15.4. The van der Waals surface area contributed by atoms with Gasteiger partial charge in [0.05, 0.1) is 11.3 Å². The van der Waals surface area contributed by atoms with E-state index in [0.29, 0.717) is 29.4 Å². The van der Waals surface area contributed by atoms with Gasteiger partial charge in [-0.15, -0.1) is 24.5 Å². The van der Waals surface area contributed by atoms with Crippen molar-refractivity contribution in [2.24, 2.45) is 5.92 Å². The summed E-state index contributed by atoms with van der Waals surface area (Å²) in [7, 11) is 0. The van der Waals surface area contributed by atoms with Gasteiger partial charge in [0.1, 0.15) is 11.6 Å². The van der Waals surface area contributed by atoms with Gasteiger partial charge in [0.15, 0.2) is 11.6 Å². The maximum Gasteiger partial charge on any atom is 0.573 e. The molecule has 0 aliphatic heterocycles. The zero-order valence-electron chi connectivity index (χ0n) is 23.3. The zero-order chi connectivity index (χ0) is 29.3. The molecule has 1 aromatic heterocycles. The summed E-state index contributed by atoms with van der Waals surface area (Å²) in [6, 6.07) is 14.1. The van der Waals surface area contributed by atoms with Gasteiger partial charge in [0, 0.05) is 4.88 Å². The third kappa shape index (κ3) is 6.69. The van der Waals surface area contributed by atoms with E-state index in [-0.39, 0.29) is 17.3 Å². The summed E-state index contributed by atoms with van der Waals surface area (Å²) in [5.41, 5.74) is 2.87. The van der Waals surface area contributed by atoms with Crippen LogP contribution >= 0.6 is 11.3 Å². The predicted octanol–water partition coefficient (Wildman–Crippen LogP) is 10.7. The lowest BCUT2D eigenvalue weighted by Gasteiger charge is -2.29. The number of ether oxygens (including phenoxy) is 2. The van der Waals surface area contributed by atoms with Crippen molar-refractivity contribution in [3.05, 3.63) is 81.7 Å². The van der Waals surface area contributed by atoms with Crippen molar-refractivity contribution in [1.82, 2.24) is 0 Å². The number of hydrogen-bond donors (Lipinski definition) is 0. The summed E-state index contributed by atoms with van der Waals surface area (Å²) in [5.74, 6) is -0.671. The number of thiophene rings is 1. The molecule has 41 heavy (non-hydrogen) atoms. The fraction of sp³-hybridized carbons (Fsp3) is 0.394. The monoisotopic (exact) mass is 588 g/mol. The molecule has 8 heteroatoms. The molecular formula is C33H33F5O2S. The molecule has 3 aromatic carbocycles. The Labute approximate surface area is 241 Å². The Morgan fingerprint density at radius 3 is 2.32 bits per heavy atom. The van der Waals surface area contributed by atoms with E-state index in [1.54, 1.807) is 23.5 Å². The highest BCUT2D eigenvalue weighted by molar-refractivity contribution is 7.19. The quantitative estimate of drug-likeness (QED) is 0.191. The lowest BCUT2D eigenvalue weighted by Crippen LogP contribution is -2.19. The minimum Gasteiger partial charge on any atom is -0.493 e. The number of benzene rings is 3. The van der Waals surface area contributed by atoms with Gasteiger partial charge in [-0.1, -0.05) is 31.5 Å². The Morgan fingerprint density at radius 1 is 0.902 bits per heavy atom. The normalized spacial score (nSPS) is 17.7. The van der Waals surface area contributed by atoms with Gasteiger partial charge in [-0.2, -0.15) is 0 Å². The van der Waals surface area contributed by atoms with Crippen LogP contribution in [0, 0.1) is 31.4 Å². The van der Waals surface area contributed by atoms with E-state index in [2.05, 4.69) is 23.8 Å². The Balaban J connectivity index is 1.19. The van der Waals surface area contributed by atoms with Crippen molar-refractivity contribution < 1.29 is 31.4 Å². The largest absolute Gasteiger partial charge is 0.573 e. The fourth-order valence-corrected chi connectivity index (χ4v) is 7.06. The van der Waals surface area contributed by atoms with Gasteiger partial charge in [0.2, 0.25) is 0 Å². The summed E-state index contributed by atoms with van der Waals surface area (Å²) < 4.78 is 78.4. The van der Waals surface area contributed by atoms with Gasteiger partial charge in [-0.05, 0) is 121 Å². The average molecular weight is 589 g/mol. The molecule has 218 valence electrons. The van der Waals surface area contributed by atoms with E-state index < -0.39 is 17.9 Å². The van der Waals surface area contributed by atoms with Crippen LogP contribution in [0.15, 0.2) is 48.5 Å². The Hall–Kier alpha value is -3.13. The van der Waals surface area contributed by atoms with Crippen molar-refractivity contribution >= 4 is 21.4 Å². The van der Waals surface area contributed by atoms with Crippen molar-refractivity contribution in [2.45, 2.75) is 71.6 Å². The van der Waals surface area contributed by atoms with E-state index in [1.807, 2.05) is 19.1 Å². The highest BCUT2D eigenvalue weighted by Gasteiger charge is 2.33. The van der Waals surface area contributed by atoms with Gasteiger partial charge in [0.25, 0.3) is 0 Å². The molecule has 0 unspecified atom stereocenters. The van der Waals surface area contributed by atoms with Crippen molar-refractivity contribution in [1.29, 1.82) is 0 Å². The maximum atomic E-state index is 15.4. The summed E-state index contributed by atoms with van der Waals surface area (Å²) in [6.07, 6.45) is 0.809. The van der Waals surface area contributed by atoms with E-state index in [1.165, 1.54) is 17.9 Å². The second-order valence-corrected chi connectivity index (χ2v) is 12.1. The molecule has 1 heterocycles. The van der Waals surface area contributed by atoms with Crippen LogP contribution in [-0.4, -0.2) is 13.0 Å². The van der Waals surface area contributed by atoms with E-state index in [9.17, 15) is 17.6 Å². The van der Waals surface area contributed by atoms with Gasteiger partial charge >= 0.3 is 6.36 Å². The molecule has 5 rings (SSSR count). The lowest BCUT2D eigenvalue weighted by atomic mass is 9.79. The smallest absolute Gasteiger partial charge is 0.493 e. The van der Waals surface area contributed by atoms with Crippen LogP contribution in [0.2, 0.25) is 0 Å². The van der Waals surface area contributed by atoms with Crippen LogP contribution in [-0.2, 0) is 6.42 Å². The standard InChI is InChI=1S/C33H33F5O2S/c1-4-5-26-16-23-10-12-28(30(35)32(23)41-26)22-8-6-21(7-9-22)18-39-25-11-13-27(19(2)15-25)24-14-20(3)31(29(34)17-24)40-33(36,37)38/h10-17,21-22H,4-9,18H2,1-3H3. The Kier molecular flexibility index (Phi) is 8.60. The van der Waals surface area contributed by atoms with Crippen molar-refractivity contribution in [3.8, 4) is 22.6 Å². The van der Waals surface area contributed by atoms with Crippen LogP contribution in [0.1, 0.15) is 66.5 Å². The average Bonchev–Trinajstić information content (AvgIpc) is 3.33. The van der Waals surface area contributed by atoms with E-state index >= 15 is 4.39 Å². The highest BCUT2D eigenvalue weighted by Crippen LogP contribution is 2.41. The first-order valence-electron chi connectivity index (χ1n) is 14.0. The molecule has 0 radical (unpaired) electrons. The van der Waals surface area contributed by atoms with Crippen LogP contribution in [0.25, 0.3) is 21.2 Å². The minimum absolute atomic E-state index is 0.0530. The fourth-order valence-electron chi connectivity index (χ4n) is 5.86. The molecule has 0 saturated heterocycles. The molecule has 4 aromatic rings. The first kappa shape index (κ1) is 29.4. The zero-order valence-corrected chi connectivity index (χ0v) is 24.2. The molecular weight excluding hydrogens is 555 g/mol. The van der Waals surface area contributed by atoms with Crippen LogP contribution < -0.4 is 9.47 Å². The third-order valence-electron chi connectivity index (χ3n) is 7.93. The van der Waals surface area contributed by atoms with Crippen LogP contribution in [0.3, 0.4) is 0 Å². The lowest BCUT2D eigenvalue weighted by molar-refractivity contribution is -0.275. The summed E-state index contributed by atoms with van der Waals surface area (Å²) in [5, 5.41) is 0.996. The molecule has 1 aliphatic rings. The van der Waals surface area contributed by atoms with Crippen molar-refractivity contribution in [3.63, 3.8) is 0 Å². The molecule has 0 amide bonds. The topological polar surface area (TPSA) is 18.5 Å². The summed E-state index contributed by atoms with van der Waals surface area (Å²) in [4.78, 5) is 1.23. The second-order valence-electron chi connectivity index (χ2n) is 11.0. The molecule has 1 saturated carbocycles. The third-order valence-corrected chi connectivity index (χ3v) is 9.13.